The van der Waals surface area contributed by atoms with E-state index >= 15 is 0 Å². The molecule has 2 aliphatic rings. The zero-order valence-corrected chi connectivity index (χ0v) is 17.2. The molecule has 0 fully saturated rings. The van der Waals surface area contributed by atoms with Crippen LogP contribution in [0.25, 0.3) is 11.1 Å². The predicted octanol–water partition coefficient (Wildman–Crippen LogP) is 6.73. The molecule has 0 saturated carbocycles. The lowest BCUT2D eigenvalue weighted by Gasteiger charge is -2.37. The minimum absolute atomic E-state index is 0.0162. The summed E-state index contributed by atoms with van der Waals surface area (Å²) in [6, 6.07) is 34.5. The first-order chi connectivity index (χ1) is 14.6. The Balaban J connectivity index is 1.65. The molecule has 6 rings (SSSR count). The van der Waals surface area contributed by atoms with Crippen LogP contribution in [0.5, 0.6) is 0 Å². The van der Waals surface area contributed by atoms with Crippen LogP contribution >= 0.6 is 0 Å². The van der Waals surface area contributed by atoms with Crippen molar-refractivity contribution in [2.75, 3.05) is 10.6 Å². The quantitative estimate of drug-likeness (QED) is 0.379. The standard InChI is InChI=1S/C28H24N2/c1-27(2)21-15-9-17-23-25(21)26-22(27)16-10-18-24(26)28(23,29-19-11-5-3-6-12-19)30-20-13-7-4-8-14-20/h3-18,29-30H,1-2H3. The number of benzene rings is 4. The SMILES string of the molecule is CC1(C)c2cccc3c2-c2c1cccc2C3(Nc1ccccc1)Nc1ccccc1. The average molecular weight is 389 g/mol. The van der Waals surface area contributed by atoms with Gasteiger partial charge in [0.2, 0.25) is 0 Å². The molecule has 0 amide bonds. The van der Waals surface area contributed by atoms with Crippen molar-refractivity contribution in [2.45, 2.75) is 24.9 Å². The zero-order valence-electron chi connectivity index (χ0n) is 17.2. The third kappa shape index (κ3) is 2.19. The van der Waals surface area contributed by atoms with Gasteiger partial charge in [0.25, 0.3) is 0 Å². The van der Waals surface area contributed by atoms with E-state index in [1.165, 1.54) is 33.4 Å². The first kappa shape index (κ1) is 17.3. The van der Waals surface area contributed by atoms with Gasteiger partial charge in [-0.05, 0) is 46.5 Å². The van der Waals surface area contributed by atoms with E-state index in [2.05, 4.69) is 122 Å². The van der Waals surface area contributed by atoms with Gasteiger partial charge in [0.15, 0.2) is 5.66 Å². The molecular formula is C28H24N2. The van der Waals surface area contributed by atoms with Crippen LogP contribution in [0.15, 0.2) is 97.1 Å². The molecule has 0 heterocycles. The summed E-state index contributed by atoms with van der Waals surface area (Å²) in [6.07, 6.45) is 0. The Morgan fingerprint density at radius 1 is 0.467 bits per heavy atom. The Labute approximate surface area is 177 Å². The van der Waals surface area contributed by atoms with Crippen LogP contribution in [0.1, 0.15) is 36.1 Å². The number of hydrogen-bond donors (Lipinski definition) is 2. The minimum Gasteiger partial charge on any atom is -0.355 e. The predicted molar refractivity (Wildman–Crippen MR) is 125 cm³/mol. The highest BCUT2D eigenvalue weighted by Gasteiger charge is 2.51. The highest BCUT2D eigenvalue weighted by molar-refractivity contribution is 5.93. The number of hydrogen-bond acceptors (Lipinski definition) is 2. The fraction of sp³-hybridized carbons (Fsp3) is 0.143. The summed E-state index contributed by atoms with van der Waals surface area (Å²) < 4.78 is 0. The van der Waals surface area contributed by atoms with E-state index < -0.39 is 5.66 Å². The van der Waals surface area contributed by atoms with Crippen molar-refractivity contribution in [1.29, 1.82) is 0 Å². The van der Waals surface area contributed by atoms with Crippen LogP contribution in [-0.2, 0) is 11.1 Å². The molecule has 0 unspecified atom stereocenters. The van der Waals surface area contributed by atoms with E-state index in [1.54, 1.807) is 0 Å². The largest absolute Gasteiger partial charge is 0.355 e. The summed E-state index contributed by atoms with van der Waals surface area (Å²) in [5.74, 6) is 0. The topological polar surface area (TPSA) is 24.1 Å². The lowest BCUT2D eigenvalue weighted by atomic mass is 9.79. The molecule has 0 radical (unpaired) electrons. The summed E-state index contributed by atoms with van der Waals surface area (Å²) in [5, 5.41) is 7.77. The molecular weight excluding hydrogens is 364 g/mol. The Morgan fingerprint density at radius 2 is 0.867 bits per heavy atom. The average Bonchev–Trinajstić information content (AvgIpc) is 3.18. The van der Waals surface area contributed by atoms with E-state index in [1.807, 2.05) is 0 Å². The second-order valence-corrected chi connectivity index (χ2v) is 8.81. The molecule has 2 N–H and O–H groups in total. The monoisotopic (exact) mass is 388 g/mol. The maximum absolute atomic E-state index is 3.89. The molecule has 4 aromatic carbocycles. The van der Waals surface area contributed by atoms with Gasteiger partial charge in [-0.25, -0.2) is 0 Å². The van der Waals surface area contributed by atoms with Gasteiger partial charge in [0.05, 0.1) is 0 Å². The van der Waals surface area contributed by atoms with Gasteiger partial charge in [-0.15, -0.1) is 0 Å². The smallest absolute Gasteiger partial charge is 0.162 e. The summed E-state index contributed by atoms with van der Waals surface area (Å²) >= 11 is 0. The highest BCUT2D eigenvalue weighted by Crippen LogP contribution is 2.60. The van der Waals surface area contributed by atoms with Crippen molar-refractivity contribution in [2.24, 2.45) is 0 Å². The minimum atomic E-state index is -0.532. The second kappa shape index (κ2) is 5.99. The molecule has 0 aliphatic heterocycles. The molecule has 0 atom stereocenters. The molecule has 2 heteroatoms. The number of anilines is 2. The van der Waals surface area contributed by atoms with E-state index in [9.17, 15) is 0 Å². The maximum Gasteiger partial charge on any atom is 0.162 e. The maximum atomic E-state index is 3.89. The Kier molecular flexibility index (Phi) is 3.47. The van der Waals surface area contributed by atoms with Gasteiger partial charge in [0.1, 0.15) is 0 Å². The first-order valence-electron chi connectivity index (χ1n) is 10.6. The van der Waals surface area contributed by atoms with Gasteiger partial charge in [-0.2, -0.15) is 0 Å². The van der Waals surface area contributed by atoms with Crippen LogP contribution in [0.2, 0.25) is 0 Å². The molecule has 0 spiro atoms. The van der Waals surface area contributed by atoms with E-state index in [0.717, 1.165) is 11.4 Å². The normalized spacial score (nSPS) is 16.2. The fourth-order valence-corrected chi connectivity index (χ4v) is 5.38. The highest BCUT2D eigenvalue weighted by atomic mass is 15.2. The summed E-state index contributed by atoms with van der Waals surface area (Å²) in [4.78, 5) is 0. The summed E-state index contributed by atoms with van der Waals surface area (Å²) in [6.45, 7) is 4.68. The van der Waals surface area contributed by atoms with Crippen LogP contribution in [-0.4, -0.2) is 0 Å². The van der Waals surface area contributed by atoms with Gasteiger partial charge >= 0.3 is 0 Å². The van der Waals surface area contributed by atoms with E-state index in [-0.39, 0.29) is 5.41 Å². The van der Waals surface area contributed by atoms with Crippen molar-refractivity contribution < 1.29 is 0 Å². The lowest BCUT2D eigenvalue weighted by molar-refractivity contribution is 0.643. The van der Waals surface area contributed by atoms with Gasteiger partial charge in [-0.1, -0.05) is 86.6 Å². The zero-order chi connectivity index (χ0) is 20.3. The Morgan fingerprint density at radius 3 is 1.30 bits per heavy atom. The fourth-order valence-electron chi connectivity index (χ4n) is 5.38. The van der Waals surface area contributed by atoms with Gasteiger partial charge in [-0.3, -0.25) is 0 Å². The van der Waals surface area contributed by atoms with E-state index in [0.29, 0.717) is 0 Å². The Bertz CT molecular complexity index is 1160. The van der Waals surface area contributed by atoms with Crippen molar-refractivity contribution in [1.82, 2.24) is 0 Å². The number of para-hydroxylation sites is 2. The van der Waals surface area contributed by atoms with Crippen molar-refractivity contribution >= 4 is 11.4 Å². The van der Waals surface area contributed by atoms with Gasteiger partial charge in [0, 0.05) is 27.9 Å². The molecule has 2 nitrogen and oxygen atoms in total. The van der Waals surface area contributed by atoms with Crippen LogP contribution < -0.4 is 10.6 Å². The molecule has 0 aromatic heterocycles. The molecule has 30 heavy (non-hydrogen) atoms. The second-order valence-electron chi connectivity index (χ2n) is 8.81. The molecule has 2 aliphatic carbocycles. The third-order valence-electron chi connectivity index (χ3n) is 6.74. The van der Waals surface area contributed by atoms with Crippen LogP contribution in [0.4, 0.5) is 11.4 Å². The Hall–Kier alpha value is -3.52. The molecule has 0 bridgehead atoms. The lowest BCUT2D eigenvalue weighted by Crippen LogP contribution is -2.43. The summed E-state index contributed by atoms with van der Waals surface area (Å²) in [7, 11) is 0. The molecule has 146 valence electrons. The third-order valence-corrected chi connectivity index (χ3v) is 6.74. The molecule has 4 aromatic rings. The number of nitrogens with one attached hydrogen (secondary N) is 2. The van der Waals surface area contributed by atoms with Crippen molar-refractivity contribution in [3.63, 3.8) is 0 Å². The molecule has 0 saturated heterocycles. The van der Waals surface area contributed by atoms with E-state index in [4.69, 9.17) is 0 Å². The van der Waals surface area contributed by atoms with Gasteiger partial charge < -0.3 is 10.6 Å². The van der Waals surface area contributed by atoms with Crippen molar-refractivity contribution in [3.8, 4) is 11.1 Å². The van der Waals surface area contributed by atoms with Crippen LogP contribution in [0.3, 0.4) is 0 Å². The summed E-state index contributed by atoms with van der Waals surface area (Å²) in [5.41, 5.74) is 9.85. The van der Waals surface area contributed by atoms with Crippen molar-refractivity contribution in [3.05, 3.63) is 119 Å². The van der Waals surface area contributed by atoms with Crippen LogP contribution in [0, 0.1) is 0 Å². The first-order valence-corrected chi connectivity index (χ1v) is 10.6. The number of rotatable bonds is 4.